The normalized spacial score (nSPS) is 24.7. The molecule has 0 fully saturated rings. The van der Waals surface area contributed by atoms with Gasteiger partial charge in [0.15, 0.2) is 6.10 Å². The van der Waals surface area contributed by atoms with Crippen molar-refractivity contribution in [1.82, 2.24) is 0 Å². The Kier molecular flexibility index (Phi) is 5.95. The first-order valence-electron chi connectivity index (χ1n) is 7.57. The molecule has 0 radical (unpaired) electrons. The van der Waals surface area contributed by atoms with E-state index in [1.165, 1.54) is 6.08 Å². The fourth-order valence-electron chi connectivity index (χ4n) is 1.64. The van der Waals surface area contributed by atoms with E-state index in [0.29, 0.717) is 0 Å². The maximum Gasteiger partial charge on any atom is 0.311 e. The first kappa shape index (κ1) is 19.2. The molecule has 0 N–H and O–H groups in total. The maximum absolute atomic E-state index is 12.0. The highest BCUT2D eigenvalue weighted by atomic mass is 16.6. The number of hydrogen-bond donors (Lipinski definition) is 0. The number of ether oxygens (including phenoxy) is 3. The predicted octanol–water partition coefficient (Wildman–Crippen LogP) is 2.38. The summed E-state index contributed by atoms with van der Waals surface area (Å²) in [6.45, 7) is 10.4. The maximum atomic E-state index is 12.0. The van der Waals surface area contributed by atoms with Crippen molar-refractivity contribution < 1.29 is 23.8 Å². The van der Waals surface area contributed by atoms with Gasteiger partial charge in [-0.05, 0) is 53.7 Å². The third-order valence-corrected chi connectivity index (χ3v) is 3.14. The van der Waals surface area contributed by atoms with Crippen LogP contribution in [0.1, 0.15) is 41.5 Å². The van der Waals surface area contributed by atoms with Crippen LogP contribution in [0.25, 0.3) is 0 Å². The zero-order valence-electron chi connectivity index (χ0n) is 14.6. The van der Waals surface area contributed by atoms with Gasteiger partial charge in [-0.3, -0.25) is 9.59 Å². The lowest BCUT2D eigenvalue weighted by Gasteiger charge is -2.31. The zero-order valence-corrected chi connectivity index (χ0v) is 14.6. The molecule has 0 aromatic carbocycles. The first-order chi connectivity index (χ1) is 10.4. The van der Waals surface area contributed by atoms with Crippen molar-refractivity contribution in [2.75, 3.05) is 6.61 Å². The zero-order chi connectivity index (χ0) is 17.8. The van der Waals surface area contributed by atoms with Gasteiger partial charge in [0, 0.05) is 0 Å². The van der Waals surface area contributed by atoms with E-state index in [-0.39, 0.29) is 12.6 Å². The van der Waals surface area contributed by atoms with Crippen LogP contribution >= 0.6 is 0 Å². The Labute approximate surface area is 137 Å². The summed E-state index contributed by atoms with van der Waals surface area (Å²) in [4.78, 5) is 23.9. The monoisotopic (exact) mass is 323 g/mol. The summed E-state index contributed by atoms with van der Waals surface area (Å²) in [5, 5.41) is 8.97. The minimum atomic E-state index is -0.752. The number of nitriles is 1. The number of hydrogen-bond acceptors (Lipinski definition) is 6. The summed E-state index contributed by atoms with van der Waals surface area (Å²) in [6, 6.07) is 1.97. The van der Waals surface area contributed by atoms with E-state index in [2.05, 4.69) is 0 Å². The van der Waals surface area contributed by atoms with Crippen molar-refractivity contribution in [1.29, 1.82) is 5.26 Å². The number of esters is 2. The van der Waals surface area contributed by atoms with Crippen LogP contribution in [-0.2, 0) is 23.8 Å². The molecule has 0 aromatic heterocycles. The molecule has 6 heteroatoms. The van der Waals surface area contributed by atoms with Gasteiger partial charge >= 0.3 is 11.9 Å². The van der Waals surface area contributed by atoms with Gasteiger partial charge in [0.05, 0.1) is 16.9 Å². The summed E-state index contributed by atoms with van der Waals surface area (Å²) in [5.74, 6) is -0.775. The van der Waals surface area contributed by atoms with E-state index >= 15 is 0 Å². The molecule has 1 aliphatic rings. The number of nitrogens with zero attached hydrogens (tertiary/aromatic N) is 1. The molecule has 3 atom stereocenters. The number of carbonyl (C=O) groups excluding carboxylic acids is 2. The second kappa shape index (κ2) is 7.14. The summed E-state index contributed by atoms with van der Waals surface area (Å²) < 4.78 is 16.2. The molecule has 1 heterocycles. The third kappa shape index (κ3) is 5.68. The summed E-state index contributed by atoms with van der Waals surface area (Å²) in [5.41, 5.74) is -1.30. The lowest BCUT2D eigenvalue weighted by atomic mass is 9.97. The lowest BCUT2D eigenvalue weighted by Crippen LogP contribution is -2.43. The average molecular weight is 323 g/mol. The molecule has 1 rings (SSSR count). The standard InChI is InChI=1S/C17H25NO5/c1-16(2,3)14(19)21-10-13-12(8-7-11(9-18)22-13)23-15(20)17(4,5)6/h7-8,11-13H,10H2,1-6H3/t11?,12-,13+/m0/s1. The highest BCUT2D eigenvalue weighted by Crippen LogP contribution is 2.23. The topological polar surface area (TPSA) is 85.6 Å². The van der Waals surface area contributed by atoms with Crippen LogP contribution in [0.4, 0.5) is 0 Å². The van der Waals surface area contributed by atoms with Gasteiger partial charge < -0.3 is 14.2 Å². The molecule has 0 aromatic rings. The minimum Gasteiger partial charge on any atom is -0.462 e. The van der Waals surface area contributed by atoms with Gasteiger partial charge in [0.2, 0.25) is 0 Å². The Balaban J connectivity index is 2.79. The summed E-state index contributed by atoms with van der Waals surface area (Å²) in [6.07, 6.45) is 0.985. The van der Waals surface area contributed by atoms with Gasteiger partial charge in [-0.2, -0.15) is 5.26 Å². The number of carbonyl (C=O) groups is 2. The van der Waals surface area contributed by atoms with E-state index in [0.717, 1.165) is 0 Å². The van der Waals surface area contributed by atoms with Crippen molar-refractivity contribution >= 4 is 11.9 Å². The van der Waals surface area contributed by atoms with Gasteiger partial charge in [0.1, 0.15) is 18.8 Å². The van der Waals surface area contributed by atoms with E-state index in [9.17, 15) is 9.59 Å². The molecule has 1 unspecified atom stereocenters. The van der Waals surface area contributed by atoms with Gasteiger partial charge in [-0.15, -0.1) is 0 Å². The van der Waals surface area contributed by atoms with Crippen molar-refractivity contribution in [3.05, 3.63) is 12.2 Å². The summed E-state index contributed by atoms with van der Waals surface area (Å²) >= 11 is 0. The molecular formula is C17H25NO5. The molecular weight excluding hydrogens is 298 g/mol. The second-order valence-corrected chi connectivity index (χ2v) is 7.58. The van der Waals surface area contributed by atoms with Crippen LogP contribution < -0.4 is 0 Å². The van der Waals surface area contributed by atoms with E-state index < -0.39 is 35.1 Å². The summed E-state index contributed by atoms with van der Waals surface area (Å²) in [7, 11) is 0. The van der Waals surface area contributed by atoms with Crippen LogP contribution in [0.3, 0.4) is 0 Å². The molecule has 0 spiro atoms. The molecule has 0 saturated heterocycles. The van der Waals surface area contributed by atoms with E-state index in [1.807, 2.05) is 6.07 Å². The fraction of sp³-hybridized carbons (Fsp3) is 0.706. The van der Waals surface area contributed by atoms with E-state index in [4.69, 9.17) is 19.5 Å². The third-order valence-electron chi connectivity index (χ3n) is 3.14. The van der Waals surface area contributed by atoms with Crippen molar-refractivity contribution in [3.8, 4) is 6.07 Å². The first-order valence-corrected chi connectivity index (χ1v) is 7.57. The lowest BCUT2D eigenvalue weighted by molar-refractivity contribution is -0.173. The van der Waals surface area contributed by atoms with Crippen molar-refractivity contribution in [2.24, 2.45) is 10.8 Å². The predicted molar refractivity (Wildman–Crippen MR) is 83.2 cm³/mol. The SMILES string of the molecule is CC(C)(C)C(=O)OC[C@H]1OC(C#N)C=C[C@@H]1OC(=O)C(C)(C)C. The Morgan fingerprint density at radius 3 is 2.13 bits per heavy atom. The molecule has 0 aliphatic carbocycles. The molecule has 1 aliphatic heterocycles. The Morgan fingerprint density at radius 2 is 1.65 bits per heavy atom. The highest BCUT2D eigenvalue weighted by molar-refractivity contribution is 5.76. The van der Waals surface area contributed by atoms with Crippen LogP contribution in [0.15, 0.2) is 12.2 Å². The second-order valence-electron chi connectivity index (χ2n) is 7.58. The highest BCUT2D eigenvalue weighted by Gasteiger charge is 2.35. The fourth-order valence-corrected chi connectivity index (χ4v) is 1.64. The average Bonchev–Trinajstić information content (AvgIpc) is 2.43. The molecule has 6 nitrogen and oxygen atoms in total. The van der Waals surface area contributed by atoms with Crippen LogP contribution in [-0.4, -0.2) is 36.9 Å². The van der Waals surface area contributed by atoms with Gasteiger partial charge in [-0.1, -0.05) is 0 Å². The van der Waals surface area contributed by atoms with E-state index in [1.54, 1.807) is 47.6 Å². The Bertz CT molecular complexity index is 519. The molecule has 128 valence electrons. The van der Waals surface area contributed by atoms with Crippen molar-refractivity contribution in [3.63, 3.8) is 0 Å². The van der Waals surface area contributed by atoms with Gasteiger partial charge in [0.25, 0.3) is 0 Å². The quantitative estimate of drug-likeness (QED) is 0.585. The van der Waals surface area contributed by atoms with Crippen molar-refractivity contribution in [2.45, 2.75) is 59.9 Å². The molecule has 0 saturated carbocycles. The van der Waals surface area contributed by atoms with Crippen LogP contribution in [0, 0.1) is 22.2 Å². The molecule has 23 heavy (non-hydrogen) atoms. The van der Waals surface area contributed by atoms with Gasteiger partial charge in [-0.25, -0.2) is 0 Å². The largest absolute Gasteiger partial charge is 0.462 e. The molecule has 0 amide bonds. The van der Waals surface area contributed by atoms with Crippen LogP contribution in [0.5, 0.6) is 0 Å². The smallest absolute Gasteiger partial charge is 0.311 e. The Morgan fingerprint density at radius 1 is 1.09 bits per heavy atom. The number of rotatable bonds is 3. The molecule has 0 bridgehead atoms. The Hall–Kier alpha value is -1.87. The minimum absolute atomic E-state index is 0.0826. The van der Waals surface area contributed by atoms with Crippen LogP contribution in [0.2, 0.25) is 0 Å².